The van der Waals surface area contributed by atoms with E-state index < -0.39 is 6.10 Å². The van der Waals surface area contributed by atoms with Crippen LogP contribution in [0.2, 0.25) is 0 Å². The van der Waals surface area contributed by atoms with Crippen molar-refractivity contribution in [3.8, 4) is 5.69 Å². The van der Waals surface area contributed by atoms with Gasteiger partial charge in [-0.3, -0.25) is 0 Å². The average molecular weight is 343 g/mol. The minimum absolute atomic E-state index is 0.697. The molecule has 0 spiro atoms. The highest BCUT2D eigenvalue weighted by atomic mass is 79.9. The van der Waals surface area contributed by atoms with Gasteiger partial charge in [0, 0.05) is 16.2 Å². The molecule has 1 atom stereocenters. The molecule has 21 heavy (non-hydrogen) atoms. The van der Waals surface area contributed by atoms with Gasteiger partial charge < -0.3 is 5.11 Å². The summed E-state index contributed by atoms with van der Waals surface area (Å²) in [5.41, 5.74) is 3.69. The molecule has 2 aromatic carbocycles. The third-order valence-corrected chi connectivity index (χ3v) is 4.54. The first kappa shape index (κ1) is 14.0. The molecular weight excluding hydrogens is 328 g/mol. The van der Waals surface area contributed by atoms with Gasteiger partial charge in [-0.1, -0.05) is 52.3 Å². The van der Waals surface area contributed by atoms with Crippen molar-refractivity contribution in [1.29, 1.82) is 0 Å². The maximum atomic E-state index is 10.6. The zero-order chi connectivity index (χ0) is 14.8. The summed E-state index contributed by atoms with van der Waals surface area (Å²) in [4.78, 5) is 0. The Bertz CT molecular complexity index is 752. The predicted molar refractivity (Wildman–Crippen MR) is 86.5 cm³/mol. The van der Waals surface area contributed by atoms with Crippen LogP contribution in [0.25, 0.3) is 5.69 Å². The van der Waals surface area contributed by atoms with E-state index in [2.05, 4.69) is 21.0 Å². The van der Waals surface area contributed by atoms with Gasteiger partial charge in [-0.2, -0.15) is 5.10 Å². The van der Waals surface area contributed by atoms with Crippen LogP contribution in [0.5, 0.6) is 0 Å². The van der Waals surface area contributed by atoms with E-state index in [0.29, 0.717) is 0 Å². The maximum Gasteiger partial charge on any atom is 0.108 e. The molecule has 0 bridgehead atoms. The lowest BCUT2D eigenvalue weighted by Crippen LogP contribution is -2.00. The number of aliphatic hydroxyl groups excluding tert-OH is 1. The average Bonchev–Trinajstić information content (AvgIpc) is 3.00. The molecule has 0 aliphatic rings. The molecule has 0 amide bonds. The molecule has 106 valence electrons. The molecule has 1 heterocycles. The number of para-hydroxylation sites is 1. The standard InChI is InChI=1S/C17H15BrN2O/c1-12-6-5-9-15(16(12)18)17(21)13-10-19-20(11-13)14-7-3-2-4-8-14/h2-11,17,21H,1H3. The normalized spacial score (nSPS) is 12.3. The molecule has 0 fully saturated rings. The second-order valence-corrected chi connectivity index (χ2v) is 5.73. The van der Waals surface area contributed by atoms with Crippen LogP contribution in [0.3, 0.4) is 0 Å². The monoisotopic (exact) mass is 342 g/mol. The fourth-order valence-corrected chi connectivity index (χ4v) is 2.74. The summed E-state index contributed by atoms with van der Waals surface area (Å²) in [6, 6.07) is 15.7. The molecule has 0 saturated heterocycles. The fraction of sp³-hybridized carbons (Fsp3) is 0.118. The molecule has 3 nitrogen and oxygen atoms in total. The van der Waals surface area contributed by atoms with Gasteiger partial charge in [0.1, 0.15) is 6.10 Å². The molecule has 1 aromatic heterocycles. The van der Waals surface area contributed by atoms with Gasteiger partial charge >= 0.3 is 0 Å². The third kappa shape index (κ3) is 2.77. The molecule has 0 aliphatic carbocycles. The summed E-state index contributed by atoms with van der Waals surface area (Å²) in [6.45, 7) is 2.01. The van der Waals surface area contributed by atoms with E-state index in [1.54, 1.807) is 10.9 Å². The highest BCUT2D eigenvalue weighted by Gasteiger charge is 2.16. The van der Waals surface area contributed by atoms with Crippen LogP contribution in [0.1, 0.15) is 22.8 Å². The lowest BCUT2D eigenvalue weighted by Gasteiger charge is -2.12. The second kappa shape index (κ2) is 5.84. The lowest BCUT2D eigenvalue weighted by atomic mass is 10.0. The van der Waals surface area contributed by atoms with Gasteiger partial charge in [0.15, 0.2) is 0 Å². The largest absolute Gasteiger partial charge is 0.383 e. The number of hydrogen-bond acceptors (Lipinski definition) is 2. The number of benzene rings is 2. The van der Waals surface area contributed by atoms with Gasteiger partial charge in [-0.25, -0.2) is 4.68 Å². The number of rotatable bonds is 3. The Labute approximate surface area is 132 Å². The first-order chi connectivity index (χ1) is 10.2. The number of aliphatic hydroxyl groups is 1. The van der Waals surface area contributed by atoms with Crippen LogP contribution in [0.4, 0.5) is 0 Å². The van der Waals surface area contributed by atoms with E-state index in [1.165, 1.54) is 0 Å². The van der Waals surface area contributed by atoms with Gasteiger partial charge in [0.25, 0.3) is 0 Å². The van der Waals surface area contributed by atoms with E-state index in [4.69, 9.17) is 0 Å². The van der Waals surface area contributed by atoms with Crippen LogP contribution < -0.4 is 0 Å². The van der Waals surface area contributed by atoms with Crippen molar-refractivity contribution in [2.45, 2.75) is 13.0 Å². The summed E-state index contributed by atoms with van der Waals surface area (Å²) < 4.78 is 2.70. The molecular formula is C17H15BrN2O. The highest BCUT2D eigenvalue weighted by molar-refractivity contribution is 9.10. The second-order valence-electron chi connectivity index (χ2n) is 4.93. The summed E-state index contributed by atoms with van der Waals surface area (Å²) in [6.07, 6.45) is 2.86. The first-order valence-electron chi connectivity index (χ1n) is 6.70. The topological polar surface area (TPSA) is 38.1 Å². The molecule has 3 aromatic rings. The summed E-state index contributed by atoms with van der Waals surface area (Å²) in [5, 5.41) is 14.9. The van der Waals surface area contributed by atoms with Crippen LogP contribution in [0, 0.1) is 6.92 Å². The van der Waals surface area contributed by atoms with Crippen LogP contribution >= 0.6 is 15.9 Å². The van der Waals surface area contributed by atoms with E-state index in [1.807, 2.05) is 61.7 Å². The molecule has 1 N–H and O–H groups in total. The lowest BCUT2D eigenvalue weighted by molar-refractivity contribution is 0.219. The van der Waals surface area contributed by atoms with Crippen molar-refractivity contribution in [3.05, 3.63) is 82.1 Å². The predicted octanol–water partition coefficient (Wildman–Crippen LogP) is 4.02. The Kier molecular flexibility index (Phi) is 3.90. The van der Waals surface area contributed by atoms with E-state index in [9.17, 15) is 5.11 Å². The highest BCUT2D eigenvalue weighted by Crippen LogP contribution is 2.30. The molecule has 1 unspecified atom stereocenters. The molecule has 3 rings (SSSR count). The van der Waals surface area contributed by atoms with Crippen molar-refractivity contribution >= 4 is 15.9 Å². The first-order valence-corrected chi connectivity index (χ1v) is 7.49. The Morgan fingerprint density at radius 1 is 1.10 bits per heavy atom. The summed E-state index contributed by atoms with van der Waals surface area (Å²) >= 11 is 3.54. The fourth-order valence-electron chi connectivity index (χ4n) is 2.26. The number of hydrogen-bond donors (Lipinski definition) is 1. The van der Waals surface area contributed by atoms with Crippen molar-refractivity contribution in [3.63, 3.8) is 0 Å². The number of halogens is 1. The van der Waals surface area contributed by atoms with Crippen molar-refractivity contribution < 1.29 is 5.11 Å². The Hall–Kier alpha value is -1.91. The van der Waals surface area contributed by atoms with Crippen LogP contribution in [0.15, 0.2) is 65.4 Å². The molecule has 4 heteroatoms. The molecule has 0 radical (unpaired) electrons. The Morgan fingerprint density at radius 3 is 2.62 bits per heavy atom. The number of nitrogens with zero attached hydrogens (tertiary/aromatic N) is 2. The number of aromatic nitrogens is 2. The SMILES string of the molecule is Cc1cccc(C(O)c2cnn(-c3ccccc3)c2)c1Br. The zero-order valence-electron chi connectivity index (χ0n) is 11.6. The van der Waals surface area contributed by atoms with Crippen molar-refractivity contribution in [2.24, 2.45) is 0 Å². The number of aryl methyl sites for hydroxylation is 1. The van der Waals surface area contributed by atoms with Crippen molar-refractivity contribution in [2.75, 3.05) is 0 Å². The van der Waals surface area contributed by atoms with E-state index >= 15 is 0 Å². The van der Waals surface area contributed by atoms with Gasteiger partial charge in [0.05, 0.1) is 11.9 Å². The minimum atomic E-state index is -0.697. The summed E-state index contributed by atoms with van der Waals surface area (Å²) in [5.74, 6) is 0. The maximum absolute atomic E-state index is 10.6. The summed E-state index contributed by atoms with van der Waals surface area (Å²) in [7, 11) is 0. The van der Waals surface area contributed by atoms with E-state index in [-0.39, 0.29) is 0 Å². The van der Waals surface area contributed by atoms with E-state index in [0.717, 1.165) is 26.9 Å². The van der Waals surface area contributed by atoms with Crippen LogP contribution in [-0.4, -0.2) is 14.9 Å². The smallest absolute Gasteiger partial charge is 0.108 e. The van der Waals surface area contributed by atoms with Gasteiger partial charge in [-0.05, 0) is 30.2 Å². The Morgan fingerprint density at radius 2 is 1.86 bits per heavy atom. The molecule has 0 aliphatic heterocycles. The minimum Gasteiger partial charge on any atom is -0.383 e. The van der Waals surface area contributed by atoms with Gasteiger partial charge in [-0.15, -0.1) is 0 Å². The molecule has 0 saturated carbocycles. The zero-order valence-corrected chi connectivity index (χ0v) is 13.2. The van der Waals surface area contributed by atoms with Crippen molar-refractivity contribution in [1.82, 2.24) is 9.78 Å². The Balaban J connectivity index is 1.95. The third-order valence-electron chi connectivity index (χ3n) is 3.46. The van der Waals surface area contributed by atoms with Gasteiger partial charge in [0.2, 0.25) is 0 Å². The quantitative estimate of drug-likeness (QED) is 0.780. The van der Waals surface area contributed by atoms with Crippen LogP contribution in [-0.2, 0) is 0 Å².